The number of halogens is 2. The van der Waals surface area contributed by atoms with Crippen LogP contribution in [-0.4, -0.2) is 20.3 Å². The summed E-state index contributed by atoms with van der Waals surface area (Å²) in [6.45, 7) is 5.94. The van der Waals surface area contributed by atoms with Crippen LogP contribution in [0, 0.1) is 5.41 Å². The van der Waals surface area contributed by atoms with Gasteiger partial charge in [-0.3, -0.25) is 0 Å². The summed E-state index contributed by atoms with van der Waals surface area (Å²) in [7, 11) is -3.52. The van der Waals surface area contributed by atoms with E-state index in [0.29, 0.717) is 16.6 Å². The Labute approximate surface area is 123 Å². The monoisotopic (exact) mass is 329 g/mol. The van der Waals surface area contributed by atoms with Gasteiger partial charge in [0.2, 0.25) is 10.0 Å². The van der Waals surface area contributed by atoms with E-state index in [2.05, 4.69) is 4.72 Å². The van der Waals surface area contributed by atoms with Crippen LogP contribution in [0.2, 0.25) is 4.34 Å². The third-order valence-electron chi connectivity index (χ3n) is 2.55. The summed E-state index contributed by atoms with van der Waals surface area (Å²) in [6, 6.07) is 2.88. The lowest BCUT2D eigenvalue weighted by molar-refractivity contribution is 0.293. The van der Waals surface area contributed by atoms with Crippen LogP contribution in [0.25, 0.3) is 0 Å². The number of hydrogen-bond donors (Lipinski definition) is 1. The molecule has 0 fully saturated rings. The maximum Gasteiger partial charge on any atom is 0.250 e. The number of alkyl halides is 1. The fourth-order valence-corrected chi connectivity index (χ4v) is 4.66. The van der Waals surface area contributed by atoms with Gasteiger partial charge >= 0.3 is 0 Å². The first-order valence-electron chi connectivity index (χ1n) is 5.50. The van der Waals surface area contributed by atoms with Gasteiger partial charge in [-0.05, 0) is 24.0 Å². The highest BCUT2D eigenvalue weighted by Gasteiger charge is 2.29. The second-order valence-electron chi connectivity index (χ2n) is 5.08. The predicted octanol–water partition coefficient (Wildman–Crippen LogP) is 3.72. The Morgan fingerprint density at radius 1 is 1.39 bits per heavy atom. The van der Waals surface area contributed by atoms with Gasteiger partial charge in [0.05, 0.1) is 4.34 Å². The molecule has 1 N–H and O–H groups in total. The van der Waals surface area contributed by atoms with Gasteiger partial charge in [-0.15, -0.1) is 22.9 Å². The van der Waals surface area contributed by atoms with E-state index in [9.17, 15) is 8.42 Å². The average molecular weight is 330 g/mol. The van der Waals surface area contributed by atoms with Gasteiger partial charge in [0, 0.05) is 11.9 Å². The molecule has 3 nitrogen and oxygen atoms in total. The van der Waals surface area contributed by atoms with Gasteiger partial charge in [0.1, 0.15) is 4.21 Å². The Kier molecular flexibility index (Phi) is 5.50. The van der Waals surface area contributed by atoms with Crippen molar-refractivity contribution in [3.63, 3.8) is 0 Å². The van der Waals surface area contributed by atoms with Crippen LogP contribution in [-0.2, 0) is 10.0 Å². The molecule has 0 amide bonds. The Bertz CT molecular complexity index is 491. The van der Waals surface area contributed by atoms with Gasteiger partial charge in [0.15, 0.2) is 0 Å². The summed E-state index contributed by atoms with van der Waals surface area (Å²) in [5.41, 5.74) is -0.191. The second-order valence-corrected chi connectivity index (χ2v) is 9.11. The molecule has 0 aliphatic carbocycles. The van der Waals surface area contributed by atoms with Crippen molar-refractivity contribution >= 4 is 44.6 Å². The smallest absolute Gasteiger partial charge is 0.207 e. The normalized spacial score (nSPS) is 14.7. The Morgan fingerprint density at radius 2 is 2.00 bits per heavy atom. The summed E-state index contributed by atoms with van der Waals surface area (Å²) in [5, 5.41) is 0. The van der Waals surface area contributed by atoms with Crippen LogP contribution in [0.5, 0.6) is 0 Å². The molecule has 0 saturated carbocycles. The van der Waals surface area contributed by atoms with E-state index >= 15 is 0 Å². The predicted molar refractivity (Wildman–Crippen MR) is 78.2 cm³/mol. The SMILES string of the molecule is CC(C)(C)C(CCCl)NS(=O)(=O)c1ccc(Cl)s1. The molecule has 0 aliphatic rings. The van der Waals surface area contributed by atoms with E-state index in [1.165, 1.54) is 6.07 Å². The molecule has 1 aromatic heterocycles. The van der Waals surface area contributed by atoms with Gasteiger partial charge in [-0.25, -0.2) is 13.1 Å². The lowest BCUT2D eigenvalue weighted by Gasteiger charge is -2.30. The molecule has 0 radical (unpaired) electrons. The number of nitrogens with one attached hydrogen (secondary N) is 1. The molecule has 0 aromatic carbocycles. The number of thiophene rings is 1. The van der Waals surface area contributed by atoms with E-state index in [4.69, 9.17) is 23.2 Å². The molecule has 1 aromatic rings. The van der Waals surface area contributed by atoms with Crippen LogP contribution in [0.4, 0.5) is 0 Å². The maximum absolute atomic E-state index is 12.2. The lowest BCUT2D eigenvalue weighted by atomic mass is 9.86. The Hall–Kier alpha value is 0.190. The summed E-state index contributed by atoms with van der Waals surface area (Å²) >= 11 is 12.5. The molecule has 1 atom stereocenters. The van der Waals surface area contributed by atoms with Gasteiger partial charge in [-0.2, -0.15) is 0 Å². The average Bonchev–Trinajstić information content (AvgIpc) is 2.63. The van der Waals surface area contributed by atoms with Crippen molar-refractivity contribution in [1.82, 2.24) is 4.72 Å². The molecule has 1 rings (SSSR count). The first kappa shape index (κ1) is 16.2. The van der Waals surface area contributed by atoms with Crippen LogP contribution < -0.4 is 4.72 Å². The lowest BCUT2D eigenvalue weighted by Crippen LogP contribution is -2.43. The van der Waals surface area contributed by atoms with Crippen molar-refractivity contribution in [1.29, 1.82) is 0 Å². The zero-order valence-corrected chi connectivity index (χ0v) is 13.7. The molecule has 7 heteroatoms. The van der Waals surface area contributed by atoms with E-state index < -0.39 is 10.0 Å². The van der Waals surface area contributed by atoms with E-state index in [1.807, 2.05) is 20.8 Å². The quantitative estimate of drug-likeness (QED) is 0.836. The van der Waals surface area contributed by atoms with E-state index in [0.717, 1.165) is 11.3 Å². The fourth-order valence-electron chi connectivity index (χ4n) is 1.47. The van der Waals surface area contributed by atoms with Crippen LogP contribution >= 0.6 is 34.5 Å². The van der Waals surface area contributed by atoms with Crippen LogP contribution in [0.15, 0.2) is 16.3 Å². The van der Waals surface area contributed by atoms with Crippen molar-refractivity contribution in [2.24, 2.45) is 5.41 Å². The number of sulfonamides is 1. The zero-order valence-electron chi connectivity index (χ0n) is 10.5. The highest BCUT2D eigenvalue weighted by Crippen LogP contribution is 2.28. The van der Waals surface area contributed by atoms with Crippen LogP contribution in [0.1, 0.15) is 27.2 Å². The highest BCUT2D eigenvalue weighted by molar-refractivity contribution is 7.91. The molecular weight excluding hydrogens is 313 g/mol. The first-order chi connectivity index (χ1) is 8.16. The first-order valence-corrected chi connectivity index (χ1v) is 8.71. The molecule has 1 heterocycles. The standard InChI is InChI=1S/C11H17Cl2NO2S2/c1-11(2,3)8(6-7-12)14-18(15,16)10-5-4-9(13)17-10/h4-5,8,14H,6-7H2,1-3H3. The molecular formula is C11H17Cl2NO2S2. The molecule has 0 saturated heterocycles. The van der Waals surface area contributed by atoms with Crippen molar-refractivity contribution in [2.45, 2.75) is 37.4 Å². The van der Waals surface area contributed by atoms with Crippen molar-refractivity contribution in [3.05, 3.63) is 16.5 Å². The Morgan fingerprint density at radius 3 is 2.39 bits per heavy atom. The molecule has 1 unspecified atom stereocenters. The molecule has 104 valence electrons. The minimum absolute atomic E-state index is 0.191. The van der Waals surface area contributed by atoms with Crippen molar-refractivity contribution in [3.8, 4) is 0 Å². The van der Waals surface area contributed by atoms with E-state index in [-0.39, 0.29) is 15.7 Å². The second kappa shape index (κ2) is 6.09. The third kappa shape index (κ3) is 4.38. The van der Waals surface area contributed by atoms with Gasteiger partial charge in [0.25, 0.3) is 0 Å². The summed E-state index contributed by atoms with van der Waals surface area (Å²) in [6.07, 6.45) is 0.587. The zero-order chi connectivity index (χ0) is 14.0. The summed E-state index contributed by atoms with van der Waals surface area (Å²) in [5.74, 6) is 0.412. The minimum atomic E-state index is -3.52. The highest BCUT2D eigenvalue weighted by atomic mass is 35.5. The van der Waals surface area contributed by atoms with Gasteiger partial charge in [-0.1, -0.05) is 32.4 Å². The van der Waals surface area contributed by atoms with E-state index in [1.54, 1.807) is 6.07 Å². The topological polar surface area (TPSA) is 46.2 Å². The molecule has 0 spiro atoms. The fraction of sp³-hybridized carbons (Fsp3) is 0.636. The number of hydrogen-bond acceptors (Lipinski definition) is 3. The Balaban J connectivity index is 2.93. The largest absolute Gasteiger partial charge is 0.250 e. The third-order valence-corrected chi connectivity index (χ3v) is 5.97. The minimum Gasteiger partial charge on any atom is -0.207 e. The summed E-state index contributed by atoms with van der Waals surface area (Å²) < 4.78 is 27.7. The summed E-state index contributed by atoms with van der Waals surface area (Å²) in [4.78, 5) is 0. The molecule has 0 aliphatic heterocycles. The van der Waals surface area contributed by atoms with Crippen molar-refractivity contribution < 1.29 is 8.42 Å². The van der Waals surface area contributed by atoms with Crippen LogP contribution in [0.3, 0.4) is 0 Å². The van der Waals surface area contributed by atoms with Gasteiger partial charge < -0.3 is 0 Å². The molecule has 0 bridgehead atoms. The maximum atomic E-state index is 12.2. The van der Waals surface area contributed by atoms with Crippen molar-refractivity contribution in [2.75, 3.05) is 5.88 Å². The molecule has 18 heavy (non-hydrogen) atoms. The number of rotatable bonds is 5.